The van der Waals surface area contributed by atoms with Gasteiger partial charge in [0.05, 0.1) is 36.4 Å². The summed E-state index contributed by atoms with van der Waals surface area (Å²) in [6.07, 6.45) is 0. The lowest BCUT2D eigenvalue weighted by atomic mass is 9.98. The largest absolute Gasteiger partial charge is 0.490 e. The predicted octanol–water partition coefficient (Wildman–Crippen LogP) is 3.62. The lowest BCUT2D eigenvalue weighted by Gasteiger charge is -2.12. The van der Waals surface area contributed by atoms with E-state index in [0.717, 1.165) is 0 Å². The van der Waals surface area contributed by atoms with Crippen molar-refractivity contribution in [2.45, 2.75) is 13.8 Å². The number of para-hydroxylation sites is 1. The topological polar surface area (TPSA) is 105 Å². The van der Waals surface area contributed by atoms with Gasteiger partial charge in [-0.3, -0.25) is 10.1 Å². The van der Waals surface area contributed by atoms with Crippen LogP contribution in [-0.2, 0) is 9.47 Å². The minimum Gasteiger partial charge on any atom is -0.490 e. The number of carbonyl (C=O) groups is 2. The van der Waals surface area contributed by atoms with E-state index in [2.05, 4.69) is 0 Å². The number of hydrogen-bond acceptors (Lipinski definition) is 7. The first-order valence-electron chi connectivity index (χ1n) is 8.24. The molecule has 0 radical (unpaired) electrons. The Bertz CT molecular complexity index is 840. The summed E-state index contributed by atoms with van der Waals surface area (Å²) in [4.78, 5) is 35.0. The second-order valence-corrected chi connectivity index (χ2v) is 5.36. The second kappa shape index (κ2) is 8.79. The number of benzene rings is 2. The Morgan fingerprint density at radius 2 is 1.56 bits per heavy atom. The highest BCUT2D eigenvalue weighted by Gasteiger charge is 2.22. The summed E-state index contributed by atoms with van der Waals surface area (Å²) in [5, 5.41) is 11.3. The van der Waals surface area contributed by atoms with Crippen molar-refractivity contribution in [1.82, 2.24) is 0 Å². The number of ether oxygens (including phenoxy) is 3. The van der Waals surface area contributed by atoms with Gasteiger partial charge >= 0.3 is 17.6 Å². The molecule has 0 N–H and O–H groups in total. The molecule has 0 amide bonds. The predicted molar refractivity (Wildman–Crippen MR) is 97.0 cm³/mol. The maximum absolute atomic E-state index is 12.2. The number of nitro groups is 1. The molecule has 2 aromatic rings. The minimum atomic E-state index is -0.616. The smallest absolute Gasteiger partial charge is 0.338 e. The molecule has 0 atom stereocenters. The molecule has 0 aliphatic rings. The summed E-state index contributed by atoms with van der Waals surface area (Å²) in [7, 11) is 1.31. The van der Waals surface area contributed by atoms with Crippen molar-refractivity contribution in [1.29, 1.82) is 0 Å². The second-order valence-electron chi connectivity index (χ2n) is 5.36. The number of rotatable bonds is 7. The molecule has 0 saturated carbocycles. The van der Waals surface area contributed by atoms with Crippen LogP contribution >= 0.6 is 0 Å². The summed E-state index contributed by atoms with van der Waals surface area (Å²) < 4.78 is 15.2. The van der Waals surface area contributed by atoms with Gasteiger partial charge in [-0.15, -0.1) is 0 Å². The third kappa shape index (κ3) is 4.41. The number of hydrogen-bond donors (Lipinski definition) is 0. The van der Waals surface area contributed by atoms with Crippen molar-refractivity contribution >= 4 is 17.6 Å². The van der Waals surface area contributed by atoms with Crippen molar-refractivity contribution in [3.05, 3.63) is 57.6 Å². The van der Waals surface area contributed by atoms with Crippen LogP contribution in [0.4, 0.5) is 5.69 Å². The molecule has 27 heavy (non-hydrogen) atoms. The molecule has 0 unspecified atom stereocenters. The van der Waals surface area contributed by atoms with Crippen molar-refractivity contribution < 1.29 is 28.7 Å². The van der Waals surface area contributed by atoms with Gasteiger partial charge in [0, 0.05) is 11.6 Å². The molecular weight excluding hydrogens is 354 g/mol. The molecule has 142 valence electrons. The standard InChI is InChI=1S/C19H19NO7/c1-4-26-18(21)13-9-12(10-14(11-13)19(22)27-5-2)15-7-6-8-16(20(23)24)17(15)25-3/h6-11H,4-5H2,1-3H3. The van der Waals surface area contributed by atoms with Gasteiger partial charge < -0.3 is 14.2 Å². The molecule has 0 aliphatic carbocycles. The van der Waals surface area contributed by atoms with Crippen molar-refractivity contribution in [2.24, 2.45) is 0 Å². The Labute approximate surface area is 155 Å². The average molecular weight is 373 g/mol. The maximum Gasteiger partial charge on any atom is 0.338 e. The monoisotopic (exact) mass is 373 g/mol. The first-order chi connectivity index (χ1) is 12.9. The van der Waals surface area contributed by atoms with Gasteiger partial charge in [0.2, 0.25) is 5.75 Å². The molecule has 8 heteroatoms. The van der Waals surface area contributed by atoms with Gasteiger partial charge in [0.15, 0.2) is 0 Å². The SMILES string of the molecule is CCOC(=O)c1cc(C(=O)OCC)cc(-c2cccc([N+](=O)[O-])c2OC)c1. The highest BCUT2D eigenvalue weighted by Crippen LogP contribution is 2.38. The Balaban J connectivity index is 2.69. The minimum absolute atomic E-state index is 0.0262. The van der Waals surface area contributed by atoms with E-state index in [1.165, 1.54) is 37.4 Å². The molecular formula is C19H19NO7. The number of carbonyl (C=O) groups excluding carboxylic acids is 2. The van der Waals surface area contributed by atoms with Crippen LogP contribution in [-0.4, -0.2) is 37.2 Å². The van der Waals surface area contributed by atoms with Crippen molar-refractivity contribution in [3.63, 3.8) is 0 Å². The highest BCUT2D eigenvalue weighted by atomic mass is 16.6. The van der Waals surface area contributed by atoms with E-state index in [1.807, 2.05) is 0 Å². The lowest BCUT2D eigenvalue weighted by molar-refractivity contribution is -0.385. The fourth-order valence-electron chi connectivity index (χ4n) is 2.56. The first-order valence-corrected chi connectivity index (χ1v) is 8.24. The Morgan fingerprint density at radius 1 is 1.00 bits per heavy atom. The summed E-state index contributed by atoms with van der Waals surface area (Å²) in [6, 6.07) is 8.75. The number of esters is 2. The van der Waals surface area contributed by atoms with Crippen LogP contribution < -0.4 is 4.74 Å². The Morgan fingerprint density at radius 3 is 2.00 bits per heavy atom. The molecule has 2 aromatic carbocycles. The van der Waals surface area contributed by atoms with Crippen LogP contribution in [0, 0.1) is 10.1 Å². The number of nitro benzene ring substituents is 1. The van der Waals surface area contributed by atoms with E-state index < -0.39 is 16.9 Å². The van der Waals surface area contributed by atoms with Gasteiger partial charge in [-0.1, -0.05) is 12.1 Å². The zero-order valence-corrected chi connectivity index (χ0v) is 15.2. The average Bonchev–Trinajstić information content (AvgIpc) is 2.67. The quantitative estimate of drug-likeness (QED) is 0.414. The third-order valence-electron chi connectivity index (χ3n) is 3.66. The Kier molecular flexibility index (Phi) is 6.48. The van der Waals surface area contributed by atoms with Crippen LogP contribution in [0.3, 0.4) is 0 Å². The van der Waals surface area contributed by atoms with Gasteiger partial charge in [-0.2, -0.15) is 0 Å². The van der Waals surface area contributed by atoms with Crippen molar-refractivity contribution in [3.8, 4) is 16.9 Å². The zero-order chi connectivity index (χ0) is 20.0. The van der Waals surface area contributed by atoms with Gasteiger partial charge in [-0.25, -0.2) is 9.59 Å². The Hall–Kier alpha value is -3.42. The maximum atomic E-state index is 12.2. The lowest BCUT2D eigenvalue weighted by Crippen LogP contribution is -2.10. The molecule has 0 fully saturated rings. The number of methoxy groups -OCH3 is 1. The van der Waals surface area contributed by atoms with Crippen LogP contribution in [0.15, 0.2) is 36.4 Å². The van der Waals surface area contributed by atoms with E-state index in [-0.39, 0.29) is 35.8 Å². The molecule has 0 bridgehead atoms. The molecule has 0 aromatic heterocycles. The van der Waals surface area contributed by atoms with E-state index in [4.69, 9.17) is 14.2 Å². The highest BCUT2D eigenvalue weighted by molar-refractivity contribution is 5.98. The molecule has 0 heterocycles. The van der Waals surface area contributed by atoms with Gasteiger partial charge in [0.1, 0.15) is 0 Å². The normalized spacial score (nSPS) is 10.2. The van der Waals surface area contributed by atoms with Crippen molar-refractivity contribution in [2.75, 3.05) is 20.3 Å². The zero-order valence-electron chi connectivity index (χ0n) is 15.2. The molecule has 0 spiro atoms. The van der Waals surface area contributed by atoms with Crippen LogP contribution in [0.5, 0.6) is 5.75 Å². The third-order valence-corrected chi connectivity index (χ3v) is 3.66. The fraction of sp³-hybridized carbons (Fsp3) is 0.263. The summed E-state index contributed by atoms with van der Waals surface area (Å²) >= 11 is 0. The van der Waals surface area contributed by atoms with Crippen LogP contribution in [0.25, 0.3) is 11.1 Å². The van der Waals surface area contributed by atoms with E-state index in [1.54, 1.807) is 19.9 Å². The molecule has 8 nitrogen and oxygen atoms in total. The summed E-state index contributed by atoms with van der Waals surface area (Å²) in [5.41, 5.74) is 0.790. The summed E-state index contributed by atoms with van der Waals surface area (Å²) in [6.45, 7) is 3.66. The van der Waals surface area contributed by atoms with Crippen LogP contribution in [0.2, 0.25) is 0 Å². The van der Waals surface area contributed by atoms with Gasteiger partial charge in [0.25, 0.3) is 0 Å². The molecule has 2 rings (SSSR count). The first kappa shape index (κ1) is 19.9. The number of nitrogens with zero attached hydrogens (tertiary/aromatic N) is 1. The summed E-state index contributed by atoms with van der Waals surface area (Å²) in [5.74, 6) is -1.21. The van der Waals surface area contributed by atoms with Gasteiger partial charge in [-0.05, 0) is 37.6 Å². The van der Waals surface area contributed by atoms with E-state index in [9.17, 15) is 19.7 Å². The van der Waals surface area contributed by atoms with E-state index in [0.29, 0.717) is 11.1 Å². The van der Waals surface area contributed by atoms with Crippen LogP contribution in [0.1, 0.15) is 34.6 Å². The molecule has 0 aliphatic heterocycles. The molecule has 0 saturated heterocycles. The fourth-order valence-corrected chi connectivity index (χ4v) is 2.56. The van der Waals surface area contributed by atoms with E-state index >= 15 is 0 Å².